The molecule has 0 aromatic heterocycles. The minimum absolute atomic E-state index is 0.00694. The molecule has 18 heavy (non-hydrogen) atoms. The molecule has 0 radical (unpaired) electrons. The van der Waals surface area contributed by atoms with Crippen LogP contribution in [0.25, 0.3) is 0 Å². The van der Waals surface area contributed by atoms with Crippen LogP contribution in [0.4, 0.5) is 11.4 Å². The number of halogens is 1. The molecule has 0 bridgehead atoms. The number of anilines is 2. The SMILES string of the molecule is CC(=O)N(c1ccccc1)c1cc(C)ccc1Br. The third-order valence-electron chi connectivity index (χ3n) is 2.67. The van der Waals surface area contributed by atoms with E-state index in [-0.39, 0.29) is 5.91 Å². The van der Waals surface area contributed by atoms with Crippen molar-refractivity contribution in [2.24, 2.45) is 0 Å². The normalized spacial score (nSPS) is 10.2. The molecule has 2 aromatic carbocycles. The van der Waals surface area contributed by atoms with Crippen molar-refractivity contribution in [3.63, 3.8) is 0 Å². The van der Waals surface area contributed by atoms with E-state index in [4.69, 9.17) is 0 Å². The number of hydrogen-bond donors (Lipinski definition) is 0. The predicted molar refractivity (Wildman–Crippen MR) is 78.1 cm³/mol. The zero-order valence-electron chi connectivity index (χ0n) is 10.4. The minimum Gasteiger partial charge on any atom is -0.280 e. The number of para-hydroxylation sites is 1. The maximum atomic E-state index is 11.9. The standard InChI is InChI=1S/C15H14BrNO/c1-11-8-9-14(16)15(10-11)17(12(2)18)13-6-4-3-5-7-13/h3-10H,1-2H3. The molecule has 2 nitrogen and oxygen atoms in total. The van der Waals surface area contributed by atoms with Gasteiger partial charge in [-0.1, -0.05) is 24.3 Å². The molecule has 2 aromatic rings. The van der Waals surface area contributed by atoms with Crippen LogP contribution in [0.1, 0.15) is 12.5 Å². The molecule has 0 fully saturated rings. The van der Waals surface area contributed by atoms with Gasteiger partial charge < -0.3 is 0 Å². The summed E-state index contributed by atoms with van der Waals surface area (Å²) < 4.78 is 0.909. The lowest BCUT2D eigenvalue weighted by molar-refractivity contribution is -0.115. The summed E-state index contributed by atoms with van der Waals surface area (Å²) in [7, 11) is 0. The Morgan fingerprint density at radius 3 is 2.39 bits per heavy atom. The van der Waals surface area contributed by atoms with E-state index in [2.05, 4.69) is 15.9 Å². The van der Waals surface area contributed by atoms with Gasteiger partial charge in [0.1, 0.15) is 0 Å². The summed E-state index contributed by atoms with van der Waals surface area (Å²) >= 11 is 3.50. The van der Waals surface area contributed by atoms with E-state index >= 15 is 0 Å². The summed E-state index contributed by atoms with van der Waals surface area (Å²) in [6, 6.07) is 15.6. The highest BCUT2D eigenvalue weighted by molar-refractivity contribution is 9.10. The number of benzene rings is 2. The lowest BCUT2D eigenvalue weighted by Gasteiger charge is -2.23. The number of rotatable bonds is 2. The van der Waals surface area contributed by atoms with Gasteiger partial charge in [0.15, 0.2) is 0 Å². The summed E-state index contributed by atoms with van der Waals surface area (Å²) in [6.45, 7) is 3.58. The van der Waals surface area contributed by atoms with Crippen molar-refractivity contribution in [1.29, 1.82) is 0 Å². The van der Waals surface area contributed by atoms with Gasteiger partial charge in [0.2, 0.25) is 5.91 Å². The molecule has 0 saturated heterocycles. The van der Waals surface area contributed by atoms with Crippen LogP contribution < -0.4 is 4.90 Å². The zero-order valence-corrected chi connectivity index (χ0v) is 11.9. The topological polar surface area (TPSA) is 20.3 Å². The highest BCUT2D eigenvalue weighted by Crippen LogP contribution is 2.32. The Kier molecular flexibility index (Phi) is 3.82. The Bertz CT molecular complexity index is 566. The fourth-order valence-corrected chi connectivity index (χ4v) is 2.29. The molecular formula is C15H14BrNO. The third-order valence-corrected chi connectivity index (χ3v) is 3.34. The van der Waals surface area contributed by atoms with Gasteiger partial charge >= 0.3 is 0 Å². The molecule has 0 aliphatic heterocycles. The summed E-state index contributed by atoms with van der Waals surface area (Å²) in [5.41, 5.74) is 2.86. The molecule has 0 spiro atoms. The lowest BCUT2D eigenvalue weighted by atomic mass is 10.2. The van der Waals surface area contributed by atoms with Crippen molar-refractivity contribution in [3.8, 4) is 0 Å². The Labute approximate surface area is 115 Å². The fourth-order valence-electron chi connectivity index (χ4n) is 1.86. The number of carbonyl (C=O) groups is 1. The second-order valence-electron chi connectivity index (χ2n) is 4.14. The van der Waals surface area contributed by atoms with Crippen molar-refractivity contribution in [3.05, 3.63) is 58.6 Å². The van der Waals surface area contributed by atoms with Gasteiger partial charge in [0, 0.05) is 17.1 Å². The molecule has 0 atom stereocenters. The van der Waals surface area contributed by atoms with Gasteiger partial charge in [0.25, 0.3) is 0 Å². The minimum atomic E-state index is -0.00694. The van der Waals surface area contributed by atoms with Crippen molar-refractivity contribution in [1.82, 2.24) is 0 Å². The summed E-state index contributed by atoms with van der Waals surface area (Å²) in [5.74, 6) is -0.00694. The lowest BCUT2D eigenvalue weighted by Crippen LogP contribution is -2.23. The fraction of sp³-hybridized carbons (Fsp3) is 0.133. The molecule has 0 saturated carbocycles. The van der Waals surface area contributed by atoms with E-state index in [1.54, 1.807) is 11.8 Å². The van der Waals surface area contributed by atoms with Crippen LogP contribution in [0, 0.1) is 6.92 Å². The first kappa shape index (κ1) is 12.8. The Hall–Kier alpha value is -1.61. The van der Waals surface area contributed by atoms with Gasteiger partial charge in [0.05, 0.1) is 5.69 Å². The molecular weight excluding hydrogens is 290 g/mol. The summed E-state index contributed by atoms with van der Waals surface area (Å²) in [5, 5.41) is 0. The largest absolute Gasteiger partial charge is 0.280 e. The van der Waals surface area contributed by atoms with E-state index in [9.17, 15) is 4.79 Å². The first-order valence-electron chi connectivity index (χ1n) is 5.71. The van der Waals surface area contributed by atoms with Crippen LogP contribution in [0.3, 0.4) is 0 Å². The van der Waals surface area contributed by atoms with Gasteiger partial charge in [-0.2, -0.15) is 0 Å². The monoisotopic (exact) mass is 303 g/mol. The molecule has 0 aliphatic carbocycles. The molecule has 0 aliphatic rings. The quantitative estimate of drug-likeness (QED) is 0.803. The van der Waals surface area contributed by atoms with E-state index in [1.807, 2.05) is 55.5 Å². The number of hydrogen-bond acceptors (Lipinski definition) is 1. The highest BCUT2D eigenvalue weighted by atomic mass is 79.9. The average molecular weight is 304 g/mol. The van der Waals surface area contributed by atoms with Crippen molar-refractivity contribution in [2.75, 3.05) is 4.90 Å². The molecule has 1 amide bonds. The van der Waals surface area contributed by atoms with E-state index < -0.39 is 0 Å². The van der Waals surface area contributed by atoms with Crippen LogP contribution in [0.15, 0.2) is 53.0 Å². The van der Waals surface area contributed by atoms with Crippen LogP contribution in [-0.2, 0) is 4.79 Å². The van der Waals surface area contributed by atoms with Crippen LogP contribution in [0.5, 0.6) is 0 Å². The maximum Gasteiger partial charge on any atom is 0.228 e. The molecule has 3 heteroatoms. The molecule has 2 rings (SSSR count). The first-order chi connectivity index (χ1) is 8.59. The van der Waals surface area contributed by atoms with Crippen molar-refractivity contribution in [2.45, 2.75) is 13.8 Å². The highest BCUT2D eigenvalue weighted by Gasteiger charge is 2.16. The van der Waals surface area contributed by atoms with Crippen LogP contribution in [-0.4, -0.2) is 5.91 Å². The summed E-state index contributed by atoms with van der Waals surface area (Å²) in [6.07, 6.45) is 0. The number of carbonyl (C=O) groups excluding carboxylic acids is 1. The smallest absolute Gasteiger partial charge is 0.228 e. The second-order valence-corrected chi connectivity index (χ2v) is 5.00. The number of nitrogens with zero attached hydrogens (tertiary/aromatic N) is 1. The summed E-state index contributed by atoms with van der Waals surface area (Å²) in [4.78, 5) is 13.6. The Balaban J connectivity index is 2.55. The maximum absolute atomic E-state index is 11.9. The van der Waals surface area contributed by atoms with E-state index in [0.717, 1.165) is 21.4 Å². The predicted octanol–water partition coefficient (Wildman–Crippen LogP) is 4.44. The van der Waals surface area contributed by atoms with Crippen molar-refractivity contribution >= 4 is 33.2 Å². The number of aryl methyl sites for hydroxylation is 1. The molecule has 92 valence electrons. The Morgan fingerprint density at radius 1 is 1.11 bits per heavy atom. The van der Waals surface area contributed by atoms with Crippen LogP contribution >= 0.6 is 15.9 Å². The molecule has 0 N–H and O–H groups in total. The van der Waals surface area contributed by atoms with Crippen molar-refractivity contribution < 1.29 is 4.79 Å². The van der Waals surface area contributed by atoms with E-state index in [0.29, 0.717) is 0 Å². The third kappa shape index (κ3) is 2.62. The van der Waals surface area contributed by atoms with Gasteiger partial charge in [-0.05, 0) is 52.7 Å². The second kappa shape index (κ2) is 5.36. The number of amides is 1. The zero-order chi connectivity index (χ0) is 13.1. The van der Waals surface area contributed by atoms with Gasteiger partial charge in [-0.15, -0.1) is 0 Å². The van der Waals surface area contributed by atoms with E-state index in [1.165, 1.54) is 0 Å². The first-order valence-corrected chi connectivity index (χ1v) is 6.51. The van der Waals surface area contributed by atoms with Gasteiger partial charge in [-0.25, -0.2) is 0 Å². The van der Waals surface area contributed by atoms with Gasteiger partial charge in [-0.3, -0.25) is 9.69 Å². The molecule has 0 heterocycles. The Morgan fingerprint density at radius 2 is 1.78 bits per heavy atom. The average Bonchev–Trinajstić information content (AvgIpc) is 2.35. The molecule has 0 unspecified atom stereocenters. The van der Waals surface area contributed by atoms with Crippen LogP contribution in [0.2, 0.25) is 0 Å².